The van der Waals surface area contributed by atoms with Crippen LogP contribution in [-0.4, -0.2) is 20.4 Å². The molecule has 0 unspecified atom stereocenters. The summed E-state index contributed by atoms with van der Waals surface area (Å²) < 4.78 is 1.84. The Labute approximate surface area is 132 Å². The third kappa shape index (κ3) is 3.59. The first-order valence-electron chi connectivity index (χ1n) is 7.04. The van der Waals surface area contributed by atoms with E-state index < -0.39 is 0 Å². The molecule has 0 aromatic carbocycles. The SMILES string of the molecule is O=C(CCc1cccs1)NCc1cccnc1-n1ccnc1. The van der Waals surface area contributed by atoms with Crippen LogP contribution in [0.1, 0.15) is 16.9 Å². The van der Waals surface area contributed by atoms with Crippen molar-refractivity contribution in [3.05, 3.63) is 65.0 Å². The summed E-state index contributed by atoms with van der Waals surface area (Å²) in [6.07, 6.45) is 8.26. The van der Waals surface area contributed by atoms with Crippen LogP contribution in [0.25, 0.3) is 5.82 Å². The Morgan fingerprint density at radius 2 is 2.23 bits per heavy atom. The van der Waals surface area contributed by atoms with Crippen LogP contribution < -0.4 is 5.32 Å². The fourth-order valence-electron chi connectivity index (χ4n) is 2.16. The number of thiophene rings is 1. The fraction of sp³-hybridized carbons (Fsp3) is 0.188. The van der Waals surface area contributed by atoms with Crippen LogP contribution in [0.2, 0.25) is 0 Å². The Kier molecular flexibility index (Phi) is 4.60. The second-order valence-corrected chi connectivity index (χ2v) is 5.84. The number of carbonyl (C=O) groups is 1. The van der Waals surface area contributed by atoms with E-state index in [4.69, 9.17) is 0 Å². The number of nitrogens with one attached hydrogen (secondary N) is 1. The van der Waals surface area contributed by atoms with Crippen LogP contribution in [0.15, 0.2) is 54.6 Å². The summed E-state index contributed by atoms with van der Waals surface area (Å²) in [6.45, 7) is 0.463. The predicted molar refractivity (Wildman–Crippen MR) is 85.8 cm³/mol. The minimum atomic E-state index is 0.0498. The lowest BCUT2D eigenvalue weighted by molar-refractivity contribution is -0.121. The average Bonchev–Trinajstić information content (AvgIpc) is 3.24. The average molecular weight is 312 g/mol. The minimum absolute atomic E-state index is 0.0498. The van der Waals surface area contributed by atoms with Crippen molar-refractivity contribution in [2.24, 2.45) is 0 Å². The van der Waals surface area contributed by atoms with Gasteiger partial charge in [-0.2, -0.15) is 0 Å². The van der Waals surface area contributed by atoms with E-state index in [1.54, 1.807) is 30.1 Å². The Morgan fingerprint density at radius 3 is 3.00 bits per heavy atom. The van der Waals surface area contributed by atoms with E-state index in [1.807, 2.05) is 34.3 Å². The molecule has 0 aliphatic heterocycles. The Hall–Kier alpha value is -2.47. The molecule has 0 atom stereocenters. The topological polar surface area (TPSA) is 59.8 Å². The number of hydrogen-bond donors (Lipinski definition) is 1. The molecule has 5 nitrogen and oxygen atoms in total. The molecule has 112 valence electrons. The highest BCUT2D eigenvalue weighted by atomic mass is 32.1. The second kappa shape index (κ2) is 7.00. The largest absolute Gasteiger partial charge is 0.352 e. The minimum Gasteiger partial charge on any atom is -0.352 e. The van der Waals surface area contributed by atoms with Gasteiger partial charge in [-0.1, -0.05) is 12.1 Å². The number of hydrogen-bond acceptors (Lipinski definition) is 4. The summed E-state index contributed by atoms with van der Waals surface area (Å²) >= 11 is 1.68. The molecule has 0 saturated heterocycles. The molecule has 1 N–H and O–H groups in total. The van der Waals surface area contributed by atoms with Gasteiger partial charge in [0.15, 0.2) is 0 Å². The van der Waals surface area contributed by atoms with Crippen molar-refractivity contribution < 1.29 is 4.79 Å². The Morgan fingerprint density at radius 1 is 1.27 bits per heavy atom. The first-order chi connectivity index (χ1) is 10.8. The van der Waals surface area contributed by atoms with Crippen molar-refractivity contribution in [3.63, 3.8) is 0 Å². The van der Waals surface area contributed by atoms with Crippen molar-refractivity contribution in [2.75, 3.05) is 0 Å². The van der Waals surface area contributed by atoms with Gasteiger partial charge in [0.2, 0.25) is 5.91 Å². The normalized spacial score (nSPS) is 10.5. The third-order valence-electron chi connectivity index (χ3n) is 3.27. The molecular weight excluding hydrogens is 296 g/mol. The molecule has 0 aliphatic carbocycles. The highest BCUT2D eigenvalue weighted by molar-refractivity contribution is 7.09. The van der Waals surface area contributed by atoms with Crippen LogP contribution in [0, 0.1) is 0 Å². The van der Waals surface area contributed by atoms with Crippen LogP contribution in [0.4, 0.5) is 0 Å². The van der Waals surface area contributed by atoms with E-state index in [0.717, 1.165) is 17.8 Å². The molecular formula is C16H16N4OS. The van der Waals surface area contributed by atoms with Crippen molar-refractivity contribution in [1.82, 2.24) is 19.9 Å². The van der Waals surface area contributed by atoms with Gasteiger partial charge in [0.05, 0.1) is 0 Å². The van der Waals surface area contributed by atoms with Crippen LogP contribution in [0.5, 0.6) is 0 Å². The Bertz CT molecular complexity index is 722. The van der Waals surface area contributed by atoms with Gasteiger partial charge in [-0.3, -0.25) is 9.36 Å². The van der Waals surface area contributed by atoms with Crippen molar-refractivity contribution in [2.45, 2.75) is 19.4 Å². The van der Waals surface area contributed by atoms with E-state index >= 15 is 0 Å². The molecule has 3 aromatic rings. The molecule has 22 heavy (non-hydrogen) atoms. The van der Waals surface area contributed by atoms with E-state index in [9.17, 15) is 4.79 Å². The zero-order valence-corrected chi connectivity index (χ0v) is 12.8. The maximum Gasteiger partial charge on any atom is 0.220 e. The van der Waals surface area contributed by atoms with Gasteiger partial charge in [0, 0.05) is 42.0 Å². The lowest BCUT2D eigenvalue weighted by atomic mass is 10.2. The van der Waals surface area contributed by atoms with Gasteiger partial charge in [-0.15, -0.1) is 11.3 Å². The molecule has 1 amide bonds. The fourth-order valence-corrected chi connectivity index (χ4v) is 2.87. The summed E-state index contributed by atoms with van der Waals surface area (Å²) in [7, 11) is 0. The smallest absolute Gasteiger partial charge is 0.220 e. The molecule has 3 aromatic heterocycles. The van der Waals surface area contributed by atoms with E-state index in [0.29, 0.717) is 13.0 Å². The second-order valence-electron chi connectivity index (χ2n) is 4.81. The van der Waals surface area contributed by atoms with Gasteiger partial charge in [0.1, 0.15) is 12.1 Å². The lowest BCUT2D eigenvalue weighted by Gasteiger charge is -2.10. The van der Waals surface area contributed by atoms with Crippen LogP contribution in [0.3, 0.4) is 0 Å². The van der Waals surface area contributed by atoms with E-state index in [-0.39, 0.29) is 5.91 Å². The summed E-state index contributed by atoms with van der Waals surface area (Å²) in [4.78, 5) is 21.6. The lowest BCUT2D eigenvalue weighted by Crippen LogP contribution is -2.23. The zero-order valence-electron chi connectivity index (χ0n) is 12.0. The quantitative estimate of drug-likeness (QED) is 0.761. The van der Waals surface area contributed by atoms with Gasteiger partial charge < -0.3 is 5.32 Å². The molecule has 0 fully saturated rings. The van der Waals surface area contributed by atoms with E-state index in [1.165, 1.54) is 4.88 Å². The predicted octanol–water partition coefficient (Wildman–Crippen LogP) is 2.58. The van der Waals surface area contributed by atoms with Crippen molar-refractivity contribution in [3.8, 4) is 5.82 Å². The van der Waals surface area contributed by atoms with Crippen LogP contribution in [-0.2, 0) is 17.8 Å². The molecule has 0 radical (unpaired) electrons. The van der Waals surface area contributed by atoms with Crippen molar-refractivity contribution >= 4 is 17.2 Å². The first kappa shape index (κ1) is 14.5. The number of amides is 1. The number of nitrogens with zero attached hydrogens (tertiary/aromatic N) is 3. The summed E-state index contributed by atoms with van der Waals surface area (Å²) in [5.74, 6) is 0.840. The summed E-state index contributed by atoms with van der Waals surface area (Å²) in [6, 6.07) is 7.89. The highest BCUT2D eigenvalue weighted by Crippen LogP contribution is 2.12. The molecule has 0 bridgehead atoms. The number of pyridine rings is 1. The van der Waals surface area contributed by atoms with Crippen molar-refractivity contribution in [1.29, 1.82) is 0 Å². The number of aryl methyl sites for hydroxylation is 1. The summed E-state index contributed by atoms with van der Waals surface area (Å²) in [5, 5.41) is 4.98. The number of imidazole rings is 1. The number of rotatable bonds is 6. The molecule has 3 rings (SSSR count). The Balaban J connectivity index is 1.58. The van der Waals surface area contributed by atoms with Gasteiger partial charge in [-0.25, -0.2) is 9.97 Å². The first-order valence-corrected chi connectivity index (χ1v) is 7.92. The monoisotopic (exact) mass is 312 g/mol. The molecule has 3 heterocycles. The van der Waals surface area contributed by atoms with Gasteiger partial charge in [0.25, 0.3) is 0 Å². The molecule has 0 saturated carbocycles. The van der Waals surface area contributed by atoms with Gasteiger partial charge in [-0.05, 0) is 23.9 Å². The number of aromatic nitrogens is 3. The van der Waals surface area contributed by atoms with Crippen LogP contribution >= 0.6 is 11.3 Å². The standard InChI is InChI=1S/C16H16N4OS/c21-15(6-5-14-4-2-10-22-14)19-11-13-3-1-7-18-16(13)20-9-8-17-12-20/h1-4,7-10,12H,5-6,11H2,(H,19,21). The number of carbonyl (C=O) groups excluding carboxylic acids is 1. The molecule has 0 aliphatic rings. The molecule has 6 heteroatoms. The zero-order chi connectivity index (χ0) is 15.2. The highest BCUT2D eigenvalue weighted by Gasteiger charge is 2.08. The maximum absolute atomic E-state index is 12.0. The maximum atomic E-state index is 12.0. The van der Waals surface area contributed by atoms with Gasteiger partial charge >= 0.3 is 0 Å². The summed E-state index contributed by atoms with van der Waals surface area (Å²) in [5.41, 5.74) is 0.963. The van der Waals surface area contributed by atoms with E-state index in [2.05, 4.69) is 21.4 Å². The molecule has 0 spiro atoms. The third-order valence-corrected chi connectivity index (χ3v) is 4.21.